The second-order valence-electron chi connectivity index (χ2n) is 4.89. The molecule has 0 radical (unpaired) electrons. The van der Waals surface area contributed by atoms with E-state index in [1.54, 1.807) is 18.2 Å². The second-order valence-corrected chi connectivity index (χ2v) is 4.89. The summed E-state index contributed by atoms with van der Waals surface area (Å²) in [6.45, 7) is -0.359. The highest BCUT2D eigenvalue weighted by Crippen LogP contribution is 2.16. The molecule has 0 bridgehead atoms. The summed E-state index contributed by atoms with van der Waals surface area (Å²) in [6, 6.07) is 11.4. The van der Waals surface area contributed by atoms with E-state index in [2.05, 4.69) is 16.2 Å². The number of para-hydroxylation sites is 1. The fraction of sp³-hybridized carbons (Fsp3) is 0.118. The summed E-state index contributed by atoms with van der Waals surface area (Å²) in [5.41, 5.74) is 4.87. The minimum Gasteiger partial charge on any atom is -0.496 e. The van der Waals surface area contributed by atoms with Gasteiger partial charge in [0.1, 0.15) is 11.6 Å². The largest absolute Gasteiger partial charge is 0.496 e. The van der Waals surface area contributed by atoms with Gasteiger partial charge in [-0.2, -0.15) is 0 Å². The Morgan fingerprint density at radius 3 is 2.32 bits per heavy atom. The number of carbonyl (C=O) groups is 3. The van der Waals surface area contributed by atoms with Gasteiger partial charge in [0.15, 0.2) is 0 Å². The first-order chi connectivity index (χ1) is 12.0. The van der Waals surface area contributed by atoms with Crippen LogP contribution in [0.2, 0.25) is 0 Å². The summed E-state index contributed by atoms with van der Waals surface area (Å²) in [4.78, 5) is 35.5. The van der Waals surface area contributed by atoms with Crippen molar-refractivity contribution in [2.75, 3.05) is 13.7 Å². The van der Waals surface area contributed by atoms with Gasteiger partial charge in [-0.15, -0.1) is 0 Å². The molecular formula is C17H16FN3O4. The van der Waals surface area contributed by atoms with Gasteiger partial charge in [-0.25, -0.2) is 4.39 Å². The van der Waals surface area contributed by atoms with Crippen LogP contribution < -0.4 is 20.9 Å². The molecule has 8 heteroatoms. The Hall–Kier alpha value is -3.42. The molecule has 0 fully saturated rings. The number of rotatable bonds is 5. The predicted molar refractivity (Wildman–Crippen MR) is 87.3 cm³/mol. The van der Waals surface area contributed by atoms with E-state index in [0.29, 0.717) is 5.75 Å². The third-order valence-corrected chi connectivity index (χ3v) is 3.18. The van der Waals surface area contributed by atoms with Crippen LogP contribution in [0.1, 0.15) is 20.7 Å². The highest BCUT2D eigenvalue weighted by atomic mass is 19.1. The van der Waals surface area contributed by atoms with Crippen molar-refractivity contribution in [3.8, 4) is 5.75 Å². The Kier molecular flexibility index (Phi) is 6.05. The van der Waals surface area contributed by atoms with Crippen molar-refractivity contribution in [2.24, 2.45) is 0 Å². The summed E-state index contributed by atoms with van der Waals surface area (Å²) in [7, 11) is 1.43. The van der Waals surface area contributed by atoms with Gasteiger partial charge in [-0.05, 0) is 36.4 Å². The van der Waals surface area contributed by atoms with Crippen LogP contribution in [0.3, 0.4) is 0 Å². The van der Waals surface area contributed by atoms with Gasteiger partial charge in [0.2, 0.25) is 0 Å². The van der Waals surface area contributed by atoms with Crippen LogP contribution in [0.25, 0.3) is 0 Å². The molecule has 25 heavy (non-hydrogen) atoms. The van der Waals surface area contributed by atoms with Crippen molar-refractivity contribution in [1.82, 2.24) is 16.2 Å². The zero-order valence-electron chi connectivity index (χ0n) is 13.3. The SMILES string of the molecule is COc1ccccc1C(=O)NNC(=O)CNC(=O)c1ccc(F)cc1. The average molecular weight is 345 g/mol. The quantitative estimate of drug-likeness (QED) is 0.705. The maximum absolute atomic E-state index is 12.8. The Morgan fingerprint density at radius 2 is 1.64 bits per heavy atom. The predicted octanol–water partition coefficient (Wildman–Crippen LogP) is 1.03. The van der Waals surface area contributed by atoms with Crippen molar-refractivity contribution in [3.05, 3.63) is 65.5 Å². The van der Waals surface area contributed by atoms with E-state index in [9.17, 15) is 18.8 Å². The Balaban J connectivity index is 1.81. The van der Waals surface area contributed by atoms with Gasteiger partial charge in [0.05, 0.1) is 19.2 Å². The van der Waals surface area contributed by atoms with Gasteiger partial charge in [-0.3, -0.25) is 25.2 Å². The zero-order chi connectivity index (χ0) is 18.2. The number of methoxy groups -OCH3 is 1. The summed E-state index contributed by atoms with van der Waals surface area (Å²) < 4.78 is 17.8. The van der Waals surface area contributed by atoms with Gasteiger partial charge in [-0.1, -0.05) is 12.1 Å². The molecule has 0 aromatic heterocycles. The maximum atomic E-state index is 12.8. The monoisotopic (exact) mass is 345 g/mol. The number of hydrogen-bond acceptors (Lipinski definition) is 4. The lowest BCUT2D eigenvalue weighted by Gasteiger charge is -2.10. The van der Waals surface area contributed by atoms with Crippen molar-refractivity contribution in [1.29, 1.82) is 0 Å². The molecule has 0 atom stereocenters. The number of halogens is 1. The molecule has 0 unspecified atom stereocenters. The van der Waals surface area contributed by atoms with E-state index in [4.69, 9.17) is 4.74 Å². The van der Waals surface area contributed by atoms with Crippen LogP contribution in [-0.4, -0.2) is 31.4 Å². The van der Waals surface area contributed by atoms with Crippen LogP contribution in [0.5, 0.6) is 5.75 Å². The van der Waals surface area contributed by atoms with Gasteiger partial charge < -0.3 is 10.1 Å². The number of ether oxygens (including phenoxy) is 1. The van der Waals surface area contributed by atoms with E-state index >= 15 is 0 Å². The number of carbonyl (C=O) groups excluding carboxylic acids is 3. The molecule has 0 saturated heterocycles. The van der Waals surface area contributed by atoms with E-state index in [1.807, 2.05) is 0 Å². The van der Waals surface area contributed by atoms with Crippen LogP contribution in [0.15, 0.2) is 48.5 Å². The highest BCUT2D eigenvalue weighted by molar-refractivity contribution is 5.99. The molecule has 2 rings (SSSR count). The third kappa shape index (κ3) is 5.03. The van der Waals surface area contributed by atoms with Crippen LogP contribution in [0.4, 0.5) is 4.39 Å². The molecular weight excluding hydrogens is 329 g/mol. The Labute approximate surface area is 143 Å². The molecule has 0 aliphatic heterocycles. The summed E-state index contributed by atoms with van der Waals surface area (Å²) in [6.07, 6.45) is 0. The standard InChI is InChI=1S/C17H16FN3O4/c1-25-14-5-3-2-4-13(14)17(24)21-20-15(22)10-19-16(23)11-6-8-12(18)9-7-11/h2-9H,10H2,1H3,(H,19,23)(H,20,22)(H,21,24). The minimum absolute atomic E-state index is 0.215. The van der Waals surface area contributed by atoms with E-state index < -0.39 is 23.5 Å². The molecule has 0 saturated carbocycles. The third-order valence-electron chi connectivity index (χ3n) is 3.18. The topological polar surface area (TPSA) is 96.5 Å². The van der Waals surface area contributed by atoms with Gasteiger partial charge in [0, 0.05) is 5.56 Å². The number of amides is 3. The molecule has 130 valence electrons. The summed E-state index contributed by atoms with van der Waals surface area (Å²) >= 11 is 0. The first-order valence-electron chi connectivity index (χ1n) is 7.27. The minimum atomic E-state index is -0.626. The van der Waals surface area contributed by atoms with Gasteiger partial charge >= 0.3 is 0 Å². The highest BCUT2D eigenvalue weighted by Gasteiger charge is 2.13. The number of nitrogens with one attached hydrogen (secondary N) is 3. The Bertz CT molecular complexity index is 778. The van der Waals surface area contributed by atoms with Crippen LogP contribution in [0, 0.1) is 5.82 Å². The second kappa shape index (κ2) is 8.44. The van der Waals surface area contributed by atoms with Crippen molar-refractivity contribution in [3.63, 3.8) is 0 Å². The lowest BCUT2D eigenvalue weighted by atomic mass is 10.2. The molecule has 0 spiro atoms. The molecule has 2 aromatic rings. The number of hydrazine groups is 1. The maximum Gasteiger partial charge on any atom is 0.273 e. The lowest BCUT2D eigenvalue weighted by molar-refractivity contribution is -0.120. The average Bonchev–Trinajstić information content (AvgIpc) is 2.64. The number of hydrogen-bond donors (Lipinski definition) is 3. The smallest absolute Gasteiger partial charge is 0.273 e. The summed E-state index contributed by atoms with van der Waals surface area (Å²) in [5, 5.41) is 2.35. The van der Waals surface area contributed by atoms with E-state index in [1.165, 1.54) is 25.3 Å². The number of benzene rings is 2. The van der Waals surface area contributed by atoms with Crippen LogP contribution in [-0.2, 0) is 4.79 Å². The first kappa shape index (κ1) is 17.9. The fourth-order valence-corrected chi connectivity index (χ4v) is 1.93. The molecule has 3 amide bonds. The van der Waals surface area contributed by atoms with Crippen molar-refractivity contribution >= 4 is 17.7 Å². The van der Waals surface area contributed by atoms with Crippen LogP contribution >= 0.6 is 0 Å². The molecule has 7 nitrogen and oxygen atoms in total. The van der Waals surface area contributed by atoms with E-state index in [0.717, 1.165) is 12.1 Å². The first-order valence-corrected chi connectivity index (χ1v) is 7.27. The molecule has 0 aliphatic rings. The Morgan fingerprint density at radius 1 is 0.960 bits per heavy atom. The molecule has 3 N–H and O–H groups in total. The molecule has 0 heterocycles. The van der Waals surface area contributed by atoms with Crippen molar-refractivity contribution < 1.29 is 23.5 Å². The lowest BCUT2D eigenvalue weighted by Crippen LogP contribution is -2.46. The van der Waals surface area contributed by atoms with Gasteiger partial charge in [0.25, 0.3) is 17.7 Å². The zero-order valence-corrected chi connectivity index (χ0v) is 13.3. The molecule has 2 aromatic carbocycles. The molecule has 0 aliphatic carbocycles. The van der Waals surface area contributed by atoms with Crippen molar-refractivity contribution in [2.45, 2.75) is 0 Å². The van der Waals surface area contributed by atoms with E-state index in [-0.39, 0.29) is 17.7 Å². The normalized spacial score (nSPS) is 9.84. The fourth-order valence-electron chi connectivity index (χ4n) is 1.93. The summed E-state index contributed by atoms with van der Waals surface area (Å²) in [5.74, 6) is -1.83.